The predicted octanol–water partition coefficient (Wildman–Crippen LogP) is 4.14. The number of Topliss-reactive ketones (excluding diaryl/α,β-unsaturated/α-hetero) is 1. The molecule has 0 saturated carbocycles. The number of pyridine rings is 1. The van der Waals surface area contributed by atoms with Crippen LogP contribution in [-0.2, 0) is 15.7 Å². The first kappa shape index (κ1) is 22.9. The van der Waals surface area contributed by atoms with E-state index in [1.165, 1.54) is 13.0 Å². The Morgan fingerprint density at radius 2 is 1.79 bits per heavy atom. The number of nitrogens with one attached hydrogen (secondary N) is 1. The Balaban J connectivity index is 1.74. The molecule has 1 N–H and O–H groups in total. The van der Waals surface area contributed by atoms with Gasteiger partial charge in [0.25, 0.3) is 11.7 Å². The van der Waals surface area contributed by atoms with Gasteiger partial charge in [-0.05, 0) is 30.7 Å². The highest BCUT2D eigenvalue weighted by Crippen LogP contribution is 2.38. The molecule has 1 aliphatic rings. The molecule has 1 aliphatic heterocycles. The highest BCUT2D eigenvalue weighted by Gasteiger charge is 2.42. The Hall–Kier alpha value is -3.26. The number of aryl methyl sites for hydroxylation is 1. The van der Waals surface area contributed by atoms with E-state index in [2.05, 4.69) is 20.5 Å². The third kappa shape index (κ3) is 4.75. The molecule has 1 fully saturated rings. The van der Waals surface area contributed by atoms with Gasteiger partial charge in [-0.15, -0.1) is 5.10 Å². The molecular weight excluding hydrogens is 462 g/mol. The third-order valence-electron chi connectivity index (χ3n) is 4.70. The van der Waals surface area contributed by atoms with Crippen LogP contribution in [-0.4, -0.2) is 53.2 Å². The number of ketones is 1. The van der Waals surface area contributed by atoms with E-state index in [0.29, 0.717) is 13.2 Å². The van der Waals surface area contributed by atoms with Crippen molar-refractivity contribution in [3.05, 3.63) is 34.9 Å². The summed E-state index contributed by atoms with van der Waals surface area (Å²) in [5, 5.41) is 9.96. The van der Waals surface area contributed by atoms with Crippen molar-refractivity contribution in [1.29, 1.82) is 0 Å². The first-order chi connectivity index (χ1) is 15.4. The van der Waals surface area contributed by atoms with Crippen molar-refractivity contribution in [2.75, 3.05) is 25.1 Å². The van der Waals surface area contributed by atoms with Crippen LogP contribution in [0, 0.1) is 6.92 Å². The number of carbonyl (C=O) groups is 1. The van der Waals surface area contributed by atoms with Crippen molar-refractivity contribution in [2.24, 2.45) is 0 Å². The Morgan fingerprint density at radius 3 is 2.42 bits per heavy atom. The average molecular weight is 476 g/mol. The number of hydrogen-bond donors (Lipinski definition) is 1. The number of hydrogen-bond acceptors (Lipinski definition) is 8. The second-order valence-electron chi connectivity index (χ2n) is 7.03. The van der Waals surface area contributed by atoms with E-state index in [-0.39, 0.29) is 41.2 Å². The summed E-state index contributed by atoms with van der Waals surface area (Å²) in [4.78, 5) is 15.5. The molecule has 8 nitrogen and oxygen atoms in total. The van der Waals surface area contributed by atoms with E-state index in [0.717, 1.165) is 6.07 Å². The standard InChI is InChI=1S/C19H14F6N4O4/c1-8-4-12(16-28-29-17(33-16)26-7-13-31-2-3-32-13)27-14-10(8)5-9(15(30)19(23,24)25)6-11(14)18(20,21)22/h4-6,13H,2-3,7H2,1H3,(H,26,29). The summed E-state index contributed by atoms with van der Waals surface area (Å²) in [6.07, 6.45) is -10.9. The fourth-order valence-corrected chi connectivity index (χ4v) is 3.21. The first-order valence-electron chi connectivity index (χ1n) is 9.38. The summed E-state index contributed by atoms with van der Waals surface area (Å²) < 4.78 is 95.3. The second kappa shape index (κ2) is 8.26. The van der Waals surface area contributed by atoms with Crippen LogP contribution in [0.15, 0.2) is 22.6 Å². The van der Waals surface area contributed by atoms with Crippen LogP contribution < -0.4 is 5.32 Å². The lowest BCUT2D eigenvalue weighted by Crippen LogP contribution is -2.23. The minimum Gasteiger partial charge on any atom is -0.402 e. The van der Waals surface area contributed by atoms with Crippen LogP contribution in [0.4, 0.5) is 32.4 Å². The maximum Gasteiger partial charge on any atom is 0.454 e. The fraction of sp³-hybridized carbons (Fsp3) is 0.368. The number of ether oxygens (including phenoxy) is 2. The van der Waals surface area contributed by atoms with E-state index in [4.69, 9.17) is 13.9 Å². The molecule has 2 aromatic heterocycles. The van der Waals surface area contributed by atoms with Gasteiger partial charge in [-0.3, -0.25) is 4.79 Å². The molecule has 14 heteroatoms. The number of anilines is 1. The van der Waals surface area contributed by atoms with Gasteiger partial charge in [0.05, 0.1) is 30.8 Å². The summed E-state index contributed by atoms with van der Waals surface area (Å²) in [7, 11) is 0. The maximum atomic E-state index is 13.7. The Morgan fingerprint density at radius 1 is 1.09 bits per heavy atom. The fourth-order valence-electron chi connectivity index (χ4n) is 3.21. The molecule has 3 aromatic rings. The molecule has 0 aliphatic carbocycles. The zero-order valence-electron chi connectivity index (χ0n) is 16.7. The predicted molar refractivity (Wildman–Crippen MR) is 99.3 cm³/mol. The quantitative estimate of drug-likeness (QED) is 0.433. The molecule has 1 saturated heterocycles. The van der Waals surface area contributed by atoms with Crippen molar-refractivity contribution in [3.63, 3.8) is 0 Å². The van der Waals surface area contributed by atoms with E-state index in [1.54, 1.807) is 0 Å². The van der Waals surface area contributed by atoms with Gasteiger partial charge in [-0.25, -0.2) is 4.98 Å². The number of alkyl halides is 6. The summed E-state index contributed by atoms with van der Waals surface area (Å²) in [5.74, 6) is -2.61. The Kier molecular flexibility index (Phi) is 5.74. The van der Waals surface area contributed by atoms with Crippen LogP contribution in [0.1, 0.15) is 21.5 Å². The molecule has 3 heterocycles. The molecule has 33 heavy (non-hydrogen) atoms. The molecule has 1 aromatic carbocycles. The zero-order chi connectivity index (χ0) is 24.0. The van der Waals surface area contributed by atoms with Crippen molar-refractivity contribution >= 4 is 22.7 Å². The third-order valence-corrected chi connectivity index (χ3v) is 4.70. The number of halogens is 6. The van der Waals surface area contributed by atoms with Gasteiger partial charge in [-0.1, -0.05) is 5.10 Å². The van der Waals surface area contributed by atoms with Gasteiger partial charge in [0, 0.05) is 10.9 Å². The molecule has 0 amide bonds. The summed E-state index contributed by atoms with van der Waals surface area (Å²) in [6.45, 7) is 2.40. The van der Waals surface area contributed by atoms with Crippen LogP contribution in [0.5, 0.6) is 0 Å². The molecule has 0 spiro atoms. The number of carbonyl (C=O) groups excluding carboxylic acids is 1. The van der Waals surface area contributed by atoms with Gasteiger partial charge in [0.2, 0.25) is 0 Å². The SMILES string of the molecule is Cc1cc(-c2nnc(NCC3OCCO3)o2)nc2c(C(F)(F)F)cc(C(=O)C(F)(F)F)cc12. The summed E-state index contributed by atoms with van der Waals surface area (Å²) in [5.41, 5.74) is -3.30. The molecule has 176 valence electrons. The van der Waals surface area contributed by atoms with Gasteiger partial charge in [0.1, 0.15) is 5.69 Å². The molecule has 0 unspecified atom stereocenters. The minimum absolute atomic E-state index is 0.0641. The van der Waals surface area contributed by atoms with Gasteiger partial charge in [-0.2, -0.15) is 26.3 Å². The number of rotatable bonds is 5. The normalized spacial score (nSPS) is 15.4. The van der Waals surface area contributed by atoms with Crippen LogP contribution in [0.2, 0.25) is 0 Å². The molecule has 4 rings (SSSR count). The second-order valence-corrected chi connectivity index (χ2v) is 7.03. The number of aromatic nitrogens is 3. The first-order valence-corrected chi connectivity index (χ1v) is 9.38. The molecule has 0 bridgehead atoms. The highest BCUT2D eigenvalue weighted by molar-refractivity contribution is 6.04. The van der Waals surface area contributed by atoms with Crippen LogP contribution in [0.25, 0.3) is 22.5 Å². The topological polar surface area (TPSA) is 99.4 Å². The van der Waals surface area contributed by atoms with Crippen molar-refractivity contribution < 1.29 is 45.0 Å². The average Bonchev–Trinajstić information content (AvgIpc) is 3.41. The van der Waals surface area contributed by atoms with E-state index in [9.17, 15) is 31.1 Å². The minimum atomic E-state index is -5.33. The zero-order valence-corrected chi connectivity index (χ0v) is 16.7. The van der Waals surface area contributed by atoms with Gasteiger partial charge >= 0.3 is 18.4 Å². The van der Waals surface area contributed by atoms with E-state index >= 15 is 0 Å². The van der Waals surface area contributed by atoms with Crippen molar-refractivity contribution in [2.45, 2.75) is 25.6 Å². The smallest absolute Gasteiger partial charge is 0.402 e. The molecule has 0 atom stereocenters. The van der Waals surface area contributed by atoms with Gasteiger partial charge < -0.3 is 19.2 Å². The Bertz CT molecular complexity index is 1200. The maximum absolute atomic E-state index is 13.7. The number of benzene rings is 1. The lowest BCUT2D eigenvalue weighted by molar-refractivity contribution is -0.136. The largest absolute Gasteiger partial charge is 0.454 e. The lowest BCUT2D eigenvalue weighted by Gasteiger charge is -2.15. The van der Waals surface area contributed by atoms with Crippen molar-refractivity contribution in [3.8, 4) is 11.6 Å². The number of fused-ring (bicyclic) bond motifs is 1. The lowest BCUT2D eigenvalue weighted by atomic mass is 9.98. The van der Waals surface area contributed by atoms with E-state index in [1.807, 2.05) is 0 Å². The monoisotopic (exact) mass is 476 g/mol. The molecular formula is C19H14F6N4O4. The van der Waals surface area contributed by atoms with Crippen LogP contribution in [0.3, 0.4) is 0 Å². The number of nitrogens with zero attached hydrogens (tertiary/aromatic N) is 3. The summed E-state index contributed by atoms with van der Waals surface area (Å²) in [6, 6.07) is 2.07. The Labute approximate surface area is 180 Å². The van der Waals surface area contributed by atoms with Crippen LogP contribution >= 0.6 is 0 Å². The van der Waals surface area contributed by atoms with Crippen molar-refractivity contribution in [1.82, 2.24) is 15.2 Å². The highest BCUT2D eigenvalue weighted by atomic mass is 19.4. The van der Waals surface area contributed by atoms with Gasteiger partial charge in [0.15, 0.2) is 6.29 Å². The molecule has 0 radical (unpaired) electrons. The summed E-state index contributed by atoms with van der Waals surface area (Å²) >= 11 is 0. The van der Waals surface area contributed by atoms with E-state index < -0.39 is 41.1 Å².